The predicted molar refractivity (Wildman–Crippen MR) is 223 cm³/mol. The number of imide groups is 1. The number of imidazole rings is 1. The van der Waals surface area contributed by atoms with Crippen molar-refractivity contribution in [3.8, 4) is 11.3 Å². The molecule has 5 N–H and O–H groups in total. The van der Waals surface area contributed by atoms with E-state index in [1.165, 1.54) is 4.57 Å². The number of H-pyrrole nitrogens is 1. The summed E-state index contributed by atoms with van der Waals surface area (Å²) in [6, 6.07) is 19.7. The number of nitrogens with one attached hydrogen (secondary N) is 3. The third-order valence-corrected chi connectivity index (χ3v) is 12.1. The van der Waals surface area contributed by atoms with E-state index in [4.69, 9.17) is 10.2 Å². The first-order valence-corrected chi connectivity index (χ1v) is 19.9. The number of anilines is 5. The topological polar surface area (TPSA) is 188 Å². The third-order valence-electron chi connectivity index (χ3n) is 12.1. The fourth-order valence-corrected chi connectivity index (χ4v) is 8.97. The molecule has 3 saturated heterocycles. The number of piperazine rings is 1. The average Bonchev–Trinajstić information content (AvgIpc) is 3.94. The van der Waals surface area contributed by atoms with E-state index in [0.717, 1.165) is 114 Å². The third kappa shape index (κ3) is 6.58. The van der Waals surface area contributed by atoms with Gasteiger partial charge in [0.15, 0.2) is 0 Å². The number of benzene rings is 3. The van der Waals surface area contributed by atoms with Crippen LogP contribution in [0, 0.1) is 5.92 Å². The maximum absolute atomic E-state index is 13.3. The second kappa shape index (κ2) is 14.4. The number of aromatic amines is 1. The van der Waals surface area contributed by atoms with Crippen LogP contribution in [0.15, 0.2) is 82.3 Å². The Morgan fingerprint density at radius 2 is 1.66 bits per heavy atom. The van der Waals surface area contributed by atoms with Crippen LogP contribution in [0.25, 0.3) is 44.2 Å². The maximum Gasteiger partial charge on any atom is 0.329 e. The first kappa shape index (κ1) is 35.7. The number of nitrogen functional groups attached to an aromatic ring is 1. The van der Waals surface area contributed by atoms with Gasteiger partial charge in [-0.05, 0) is 79.8 Å². The van der Waals surface area contributed by atoms with E-state index >= 15 is 0 Å². The van der Waals surface area contributed by atoms with Gasteiger partial charge in [0.25, 0.3) is 0 Å². The minimum absolute atomic E-state index is 0.201. The Morgan fingerprint density at radius 3 is 2.47 bits per heavy atom. The molecule has 3 fully saturated rings. The van der Waals surface area contributed by atoms with E-state index < -0.39 is 11.9 Å². The van der Waals surface area contributed by atoms with Gasteiger partial charge >= 0.3 is 5.69 Å². The van der Waals surface area contributed by atoms with Crippen molar-refractivity contribution in [1.29, 1.82) is 0 Å². The quantitative estimate of drug-likeness (QED) is 0.155. The summed E-state index contributed by atoms with van der Waals surface area (Å²) >= 11 is 0. The number of carbonyl (C=O) groups is 2. The Kier molecular flexibility index (Phi) is 8.84. The molecule has 2 amide bonds. The molecule has 4 aromatic heterocycles. The zero-order valence-electron chi connectivity index (χ0n) is 32.1. The highest BCUT2D eigenvalue weighted by atomic mass is 16.3. The number of fused-ring (bicyclic) bond motifs is 3. The minimum Gasteiger partial charge on any atom is -0.456 e. The van der Waals surface area contributed by atoms with Crippen molar-refractivity contribution in [1.82, 2.24) is 39.5 Å². The van der Waals surface area contributed by atoms with Crippen molar-refractivity contribution in [3.63, 3.8) is 0 Å². The van der Waals surface area contributed by atoms with Gasteiger partial charge in [0.05, 0.1) is 22.7 Å². The molecule has 10 rings (SSSR count). The molecule has 3 aromatic carbocycles. The lowest BCUT2D eigenvalue weighted by atomic mass is 9.95. The van der Waals surface area contributed by atoms with Crippen LogP contribution >= 0.6 is 0 Å². The zero-order valence-corrected chi connectivity index (χ0v) is 32.1. The number of amides is 2. The Hall–Kier alpha value is -6.68. The summed E-state index contributed by atoms with van der Waals surface area (Å²) in [5, 5.41) is 15.1. The standard InChI is InChI=1S/C42H44N12O4/c1-50-34-21-29(4-5-32(34)54(42(50)57)33-6-7-38(55)48-40(33)56)52-12-9-25(10-13-52)24-51-14-16-53(17-15-51)30-3-2-26-19-36(58-35(26)22-30)31-20-28(18-27-23-45-49-39(27)31)46-37-8-11-44-41(43)47-37/h2-5,8,11,18-23,25,33H,6-7,9-10,12-17,24H2,1H3,(H,45,49)(H,48,55,56)(H3,43,44,46,47). The molecule has 7 aromatic rings. The van der Waals surface area contributed by atoms with Gasteiger partial charge < -0.3 is 25.3 Å². The largest absolute Gasteiger partial charge is 0.456 e. The Labute approximate surface area is 332 Å². The lowest BCUT2D eigenvalue weighted by Crippen LogP contribution is -2.49. The van der Waals surface area contributed by atoms with Crippen molar-refractivity contribution in [2.24, 2.45) is 13.0 Å². The molecule has 0 spiro atoms. The summed E-state index contributed by atoms with van der Waals surface area (Å²) < 4.78 is 9.66. The van der Waals surface area contributed by atoms with Gasteiger partial charge in [0, 0.05) is 105 Å². The molecule has 0 aliphatic carbocycles. The molecule has 3 aliphatic heterocycles. The van der Waals surface area contributed by atoms with E-state index in [1.807, 2.05) is 18.2 Å². The number of rotatable bonds is 8. The number of furan rings is 1. The van der Waals surface area contributed by atoms with Crippen molar-refractivity contribution < 1.29 is 14.0 Å². The lowest BCUT2D eigenvalue weighted by molar-refractivity contribution is -0.135. The first-order valence-electron chi connectivity index (χ1n) is 19.9. The smallest absolute Gasteiger partial charge is 0.329 e. The van der Waals surface area contributed by atoms with Crippen LogP contribution in [0.3, 0.4) is 0 Å². The molecule has 16 nitrogen and oxygen atoms in total. The number of nitrogens with two attached hydrogens (primary N) is 1. The fourth-order valence-electron chi connectivity index (χ4n) is 8.97. The Balaban J connectivity index is 0.762. The molecule has 0 radical (unpaired) electrons. The predicted octanol–water partition coefficient (Wildman–Crippen LogP) is 4.76. The van der Waals surface area contributed by atoms with Gasteiger partial charge in [-0.15, -0.1) is 0 Å². The summed E-state index contributed by atoms with van der Waals surface area (Å²) in [6.07, 6.45) is 6.17. The highest BCUT2D eigenvalue weighted by Crippen LogP contribution is 2.37. The first-order chi connectivity index (χ1) is 28.2. The molecule has 58 heavy (non-hydrogen) atoms. The van der Waals surface area contributed by atoms with Crippen molar-refractivity contribution in [3.05, 3.63) is 83.5 Å². The molecule has 7 heterocycles. The second-order valence-corrected chi connectivity index (χ2v) is 15.7. The molecule has 296 valence electrons. The molecule has 0 bridgehead atoms. The van der Waals surface area contributed by atoms with E-state index in [-0.39, 0.29) is 24.0 Å². The van der Waals surface area contributed by atoms with E-state index in [2.05, 4.69) is 81.9 Å². The second-order valence-electron chi connectivity index (χ2n) is 15.7. The van der Waals surface area contributed by atoms with Crippen LogP contribution in [0.4, 0.5) is 28.8 Å². The number of carbonyl (C=O) groups excluding carboxylic acids is 2. The van der Waals surface area contributed by atoms with Crippen LogP contribution < -0.4 is 31.9 Å². The van der Waals surface area contributed by atoms with Crippen LogP contribution in [-0.4, -0.2) is 91.8 Å². The van der Waals surface area contributed by atoms with Gasteiger partial charge in [-0.1, -0.05) is 0 Å². The molecular weight excluding hydrogens is 737 g/mol. The van der Waals surface area contributed by atoms with Crippen LogP contribution in [-0.2, 0) is 16.6 Å². The van der Waals surface area contributed by atoms with Crippen LogP contribution in [0.1, 0.15) is 31.7 Å². The van der Waals surface area contributed by atoms with E-state index in [0.29, 0.717) is 23.7 Å². The molecular formula is C42H44N12O4. The van der Waals surface area contributed by atoms with Gasteiger partial charge in [-0.3, -0.25) is 34.0 Å². The van der Waals surface area contributed by atoms with Crippen molar-refractivity contribution >= 4 is 73.5 Å². The average molecular weight is 781 g/mol. The summed E-state index contributed by atoms with van der Waals surface area (Å²) in [7, 11) is 1.74. The number of nitrogens with zero attached hydrogens (tertiary/aromatic N) is 8. The molecule has 16 heteroatoms. The van der Waals surface area contributed by atoms with Gasteiger partial charge in [-0.25, -0.2) is 9.78 Å². The number of piperidine rings is 2. The van der Waals surface area contributed by atoms with Gasteiger partial charge in [-0.2, -0.15) is 10.1 Å². The van der Waals surface area contributed by atoms with Crippen molar-refractivity contribution in [2.75, 3.05) is 66.7 Å². The van der Waals surface area contributed by atoms with E-state index in [1.54, 1.807) is 30.1 Å². The normalized spacial score (nSPS) is 18.5. The van der Waals surface area contributed by atoms with Gasteiger partial charge in [0.1, 0.15) is 23.2 Å². The Bertz CT molecular complexity index is 2770. The van der Waals surface area contributed by atoms with Crippen LogP contribution in [0.2, 0.25) is 0 Å². The summed E-state index contributed by atoms with van der Waals surface area (Å²) in [5.74, 6) is 1.46. The van der Waals surface area contributed by atoms with Crippen LogP contribution in [0.5, 0.6) is 0 Å². The molecule has 1 atom stereocenters. The SMILES string of the molecule is Cn1c(=O)n(C2CCC(=O)NC2=O)c2ccc(N3CCC(CN4CCN(c5ccc6cc(-c7cc(Nc8ccnc(N)n8)cc8cn[nH]c78)oc6c5)CC4)CC3)cc21. The molecule has 0 saturated carbocycles. The molecule has 3 aliphatic rings. The lowest BCUT2D eigenvalue weighted by Gasteiger charge is -2.40. The number of hydrogen-bond donors (Lipinski definition) is 4. The minimum atomic E-state index is -0.684. The summed E-state index contributed by atoms with van der Waals surface area (Å²) in [4.78, 5) is 53.3. The maximum atomic E-state index is 13.3. The van der Waals surface area contributed by atoms with E-state index in [9.17, 15) is 14.4 Å². The summed E-state index contributed by atoms with van der Waals surface area (Å²) in [6.45, 7) is 6.90. The monoisotopic (exact) mass is 780 g/mol. The molecule has 1 unspecified atom stereocenters. The van der Waals surface area contributed by atoms with Gasteiger partial charge in [0.2, 0.25) is 17.8 Å². The number of aryl methyl sites for hydroxylation is 1. The summed E-state index contributed by atoms with van der Waals surface area (Å²) in [5.41, 5.74) is 12.8. The Morgan fingerprint density at radius 1 is 0.862 bits per heavy atom. The highest BCUT2D eigenvalue weighted by Gasteiger charge is 2.32. The number of hydrogen-bond acceptors (Lipinski definition) is 12. The zero-order chi connectivity index (χ0) is 39.5. The van der Waals surface area contributed by atoms with Crippen molar-refractivity contribution in [2.45, 2.75) is 31.7 Å². The fraction of sp³-hybridized carbons (Fsp3) is 0.333. The number of aromatic nitrogens is 6. The highest BCUT2D eigenvalue weighted by molar-refractivity contribution is 6.00.